The quantitative estimate of drug-likeness (QED) is 0.755. The number of amides is 1. The van der Waals surface area contributed by atoms with E-state index in [-0.39, 0.29) is 11.9 Å². The van der Waals surface area contributed by atoms with Crippen molar-refractivity contribution < 1.29 is 4.79 Å². The molecule has 108 valence electrons. The number of hydrogen-bond acceptors (Lipinski definition) is 3. The van der Waals surface area contributed by atoms with E-state index in [1.54, 1.807) is 0 Å². The van der Waals surface area contributed by atoms with Crippen LogP contribution in [0.2, 0.25) is 0 Å². The number of rotatable bonds is 2. The van der Waals surface area contributed by atoms with Crippen LogP contribution >= 0.6 is 0 Å². The Morgan fingerprint density at radius 1 is 1.15 bits per heavy atom. The Morgan fingerprint density at radius 2 is 1.85 bits per heavy atom. The maximum Gasteiger partial charge on any atom is 0.237 e. The smallest absolute Gasteiger partial charge is 0.237 e. The molecular formula is C16H23N3O. The minimum atomic E-state index is -0.0968. The first-order valence-corrected chi connectivity index (χ1v) is 7.58. The molecule has 0 saturated heterocycles. The van der Waals surface area contributed by atoms with Crippen molar-refractivity contribution in [2.75, 3.05) is 0 Å². The predicted molar refractivity (Wildman–Crippen MR) is 79.1 cm³/mol. The molecule has 1 aromatic rings. The third-order valence-corrected chi connectivity index (χ3v) is 4.52. The summed E-state index contributed by atoms with van der Waals surface area (Å²) >= 11 is 0. The first-order valence-electron chi connectivity index (χ1n) is 7.58. The van der Waals surface area contributed by atoms with E-state index in [1.807, 2.05) is 12.1 Å². The molecule has 20 heavy (non-hydrogen) atoms. The van der Waals surface area contributed by atoms with Crippen molar-refractivity contribution in [2.24, 2.45) is 5.73 Å². The second-order valence-corrected chi connectivity index (χ2v) is 6.03. The molecule has 4 nitrogen and oxygen atoms in total. The van der Waals surface area contributed by atoms with Crippen molar-refractivity contribution in [1.82, 2.24) is 10.6 Å². The van der Waals surface area contributed by atoms with E-state index in [0.717, 1.165) is 38.6 Å². The van der Waals surface area contributed by atoms with Gasteiger partial charge in [0.2, 0.25) is 5.91 Å². The molecule has 1 aliphatic carbocycles. The molecule has 4 heteroatoms. The molecule has 3 rings (SSSR count). The molecule has 2 aliphatic rings. The van der Waals surface area contributed by atoms with Gasteiger partial charge in [-0.2, -0.15) is 0 Å². The number of hydrogen-bond donors (Lipinski definition) is 3. The third-order valence-electron chi connectivity index (χ3n) is 4.52. The second-order valence-electron chi connectivity index (χ2n) is 6.03. The number of carbonyl (C=O) groups excluding carboxylic acids is 1. The van der Waals surface area contributed by atoms with E-state index >= 15 is 0 Å². The van der Waals surface area contributed by atoms with Gasteiger partial charge < -0.3 is 16.4 Å². The summed E-state index contributed by atoms with van der Waals surface area (Å²) in [6.45, 7) is 0.782. The van der Waals surface area contributed by atoms with Gasteiger partial charge in [0.1, 0.15) is 0 Å². The summed E-state index contributed by atoms with van der Waals surface area (Å²) < 4.78 is 0. The van der Waals surface area contributed by atoms with Crippen molar-refractivity contribution in [2.45, 2.75) is 56.8 Å². The van der Waals surface area contributed by atoms with Gasteiger partial charge in [-0.3, -0.25) is 4.79 Å². The Hall–Kier alpha value is -1.39. The Bertz CT molecular complexity index is 480. The summed E-state index contributed by atoms with van der Waals surface area (Å²) in [5, 5.41) is 6.52. The van der Waals surface area contributed by atoms with Crippen molar-refractivity contribution in [3.05, 3.63) is 35.4 Å². The molecule has 0 radical (unpaired) electrons. The van der Waals surface area contributed by atoms with E-state index in [1.165, 1.54) is 11.1 Å². The highest BCUT2D eigenvalue weighted by molar-refractivity contribution is 5.82. The largest absolute Gasteiger partial charge is 0.352 e. The van der Waals surface area contributed by atoms with Crippen LogP contribution in [0.5, 0.6) is 0 Å². The second kappa shape index (κ2) is 5.94. The highest BCUT2D eigenvalue weighted by Crippen LogP contribution is 2.19. The Morgan fingerprint density at radius 3 is 2.60 bits per heavy atom. The monoisotopic (exact) mass is 273 g/mol. The molecule has 1 heterocycles. The molecule has 1 atom stereocenters. The molecule has 1 aliphatic heterocycles. The maximum absolute atomic E-state index is 12.4. The molecule has 1 saturated carbocycles. The van der Waals surface area contributed by atoms with Crippen LogP contribution in [0.4, 0.5) is 0 Å². The Labute approximate surface area is 120 Å². The summed E-state index contributed by atoms with van der Waals surface area (Å²) in [6, 6.07) is 8.87. The molecule has 1 aromatic carbocycles. The molecule has 0 aromatic heterocycles. The topological polar surface area (TPSA) is 67.1 Å². The zero-order chi connectivity index (χ0) is 13.9. The molecular weight excluding hydrogens is 250 g/mol. The lowest BCUT2D eigenvalue weighted by Crippen LogP contribution is -2.51. The number of carbonyl (C=O) groups is 1. The van der Waals surface area contributed by atoms with Crippen molar-refractivity contribution in [3.8, 4) is 0 Å². The van der Waals surface area contributed by atoms with Gasteiger partial charge in [0.15, 0.2) is 0 Å². The maximum atomic E-state index is 12.4. The summed E-state index contributed by atoms with van der Waals surface area (Å²) in [4.78, 5) is 12.4. The molecule has 1 fully saturated rings. The van der Waals surface area contributed by atoms with Gasteiger partial charge in [-0.1, -0.05) is 24.3 Å². The highest BCUT2D eigenvalue weighted by Gasteiger charge is 2.27. The fraction of sp³-hybridized carbons (Fsp3) is 0.562. The first-order chi connectivity index (χ1) is 9.72. The third kappa shape index (κ3) is 3.02. The van der Waals surface area contributed by atoms with Crippen molar-refractivity contribution >= 4 is 5.91 Å². The number of nitrogens with one attached hydrogen (secondary N) is 2. The van der Waals surface area contributed by atoms with E-state index in [9.17, 15) is 4.79 Å². The normalized spacial score (nSPS) is 29.6. The van der Waals surface area contributed by atoms with Crippen LogP contribution in [0, 0.1) is 0 Å². The van der Waals surface area contributed by atoms with Gasteiger partial charge in [0, 0.05) is 18.6 Å². The van der Waals surface area contributed by atoms with Gasteiger partial charge in [-0.05, 0) is 43.2 Å². The summed E-state index contributed by atoms with van der Waals surface area (Å²) in [5.74, 6) is 0.139. The van der Waals surface area contributed by atoms with Crippen LogP contribution < -0.4 is 16.4 Å². The van der Waals surface area contributed by atoms with Gasteiger partial charge in [-0.15, -0.1) is 0 Å². The summed E-state index contributed by atoms with van der Waals surface area (Å²) in [7, 11) is 0. The number of nitrogens with two attached hydrogens (primary N) is 1. The zero-order valence-electron chi connectivity index (χ0n) is 11.8. The van der Waals surface area contributed by atoms with E-state index in [2.05, 4.69) is 22.8 Å². The fourth-order valence-electron chi connectivity index (χ4n) is 3.21. The first kappa shape index (κ1) is 13.6. The fourth-order valence-corrected chi connectivity index (χ4v) is 3.21. The SMILES string of the molecule is NC1CCC(NC(=O)[C@@H]2Cc3ccccc3CN2)CC1. The standard InChI is InChI=1S/C16H23N3O/c17-13-5-7-14(8-6-13)19-16(20)15-9-11-3-1-2-4-12(11)10-18-15/h1-4,13-15,18H,5-10,17H2,(H,19,20)/t13?,14?,15-/m0/s1. The lowest BCUT2D eigenvalue weighted by Gasteiger charge is -2.30. The van der Waals surface area contributed by atoms with E-state index in [0.29, 0.717) is 12.1 Å². The lowest BCUT2D eigenvalue weighted by molar-refractivity contribution is -0.124. The molecule has 1 amide bonds. The lowest BCUT2D eigenvalue weighted by atomic mass is 9.91. The highest BCUT2D eigenvalue weighted by atomic mass is 16.2. The van der Waals surface area contributed by atoms with Gasteiger partial charge in [-0.25, -0.2) is 0 Å². The molecule has 0 bridgehead atoms. The Balaban J connectivity index is 1.56. The van der Waals surface area contributed by atoms with Gasteiger partial charge in [0.05, 0.1) is 6.04 Å². The molecule has 4 N–H and O–H groups in total. The summed E-state index contributed by atoms with van der Waals surface area (Å²) in [6.07, 6.45) is 4.85. The van der Waals surface area contributed by atoms with Crippen LogP contribution in [0.3, 0.4) is 0 Å². The van der Waals surface area contributed by atoms with E-state index < -0.39 is 0 Å². The van der Waals surface area contributed by atoms with Gasteiger partial charge in [0.25, 0.3) is 0 Å². The van der Waals surface area contributed by atoms with E-state index in [4.69, 9.17) is 5.73 Å². The minimum absolute atomic E-state index is 0.0968. The van der Waals surface area contributed by atoms with Gasteiger partial charge >= 0.3 is 0 Å². The van der Waals surface area contributed by atoms with Crippen molar-refractivity contribution in [1.29, 1.82) is 0 Å². The molecule has 0 unspecified atom stereocenters. The Kier molecular flexibility index (Phi) is 4.03. The number of fused-ring (bicyclic) bond motifs is 1. The summed E-state index contributed by atoms with van der Waals surface area (Å²) in [5.41, 5.74) is 8.49. The number of benzene rings is 1. The van der Waals surface area contributed by atoms with Crippen LogP contribution in [0.15, 0.2) is 24.3 Å². The predicted octanol–water partition coefficient (Wildman–Crippen LogP) is 1.09. The minimum Gasteiger partial charge on any atom is -0.352 e. The zero-order valence-corrected chi connectivity index (χ0v) is 11.8. The van der Waals surface area contributed by atoms with Crippen LogP contribution in [0.25, 0.3) is 0 Å². The average molecular weight is 273 g/mol. The van der Waals surface area contributed by atoms with Crippen LogP contribution in [0.1, 0.15) is 36.8 Å². The van der Waals surface area contributed by atoms with Crippen molar-refractivity contribution in [3.63, 3.8) is 0 Å². The van der Waals surface area contributed by atoms with Crippen LogP contribution in [-0.2, 0) is 17.8 Å². The average Bonchev–Trinajstić information content (AvgIpc) is 2.49. The van der Waals surface area contributed by atoms with Crippen LogP contribution in [-0.4, -0.2) is 24.0 Å². The molecule has 0 spiro atoms.